The molecule has 1 saturated heterocycles. The van der Waals surface area contributed by atoms with E-state index in [1.807, 2.05) is 36.9 Å². The molecule has 3 rings (SSSR count). The van der Waals surface area contributed by atoms with E-state index in [1.165, 1.54) is 12.8 Å². The molecule has 33 heavy (non-hydrogen) atoms. The van der Waals surface area contributed by atoms with Crippen molar-refractivity contribution in [2.45, 2.75) is 39.5 Å². The summed E-state index contributed by atoms with van der Waals surface area (Å²) in [5.74, 6) is 0.481. The first-order chi connectivity index (χ1) is 15.8. The smallest absolute Gasteiger partial charge is 0.261 e. The Labute approximate surface area is 209 Å². The summed E-state index contributed by atoms with van der Waals surface area (Å²) in [6.07, 6.45) is 4.42. The first-order valence-electron chi connectivity index (χ1n) is 11.3. The SMILES string of the molecule is CC(C)COc1ccc(Br)cc1C(=O)NC(=S)Nc1cccc(C(=O)N2CCCCCC2)c1. The lowest BCUT2D eigenvalue weighted by molar-refractivity contribution is 0.0761. The fraction of sp³-hybridized carbons (Fsp3) is 0.400. The van der Waals surface area contributed by atoms with Crippen LogP contribution in [0.5, 0.6) is 5.75 Å². The third-order valence-corrected chi connectivity index (χ3v) is 5.94. The highest BCUT2D eigenvalue weighted by molar-refractivity contribution is 9.10. The number of likely N-dealkylation sites (tertiary alicyclic amines) is 1. The van der Waals surface area contributed by atoms with Gasteiger partial charge in [0.15, 0.2) is 5.11 Å². The number of rotatable bonds is 6. The summed E-state index contributed by atoms with van der Waals surface area (Å²) in [6, 6.07) is 12.5. The lowest BCUT2D eigenvalue weighted by Gasteiger charge is -2.20. The molecule has 0 unspecified atom stereocenters. The number of halogens is 1. The van der Waals surface area contributed by atoms with Gasteiger partial charge in [0.2, 0.25) is 0 Å². The van der Waals surface area contributed by atoms with Gasteiger partial charge in [-0.15, -0.1) is 0 Å². The monoisotopic (exact) mass is 531 g/mol. The minimum absolute atomic E-state index is 0.0246. The van der Waals surface area contributed by atoms with Crippen LogP contribution in [0, 0.1) is 5.92 Å². The van der Waals surface area contributed by atoms with Crippen LogP contribution in [0.1, 0.15) is 60.2 Å². The predicted molar refractivity (Wildman–Crippen MR) is 139 cm³/mol. The van der Waals surface area contributed by atoms with Gasteiger partial charge in [0, 0.05) is 28.8 Å². The number of hydrogen-bond donors (Lipinski definition) is 2. The lowest BCUT2D eigenvalue weighted by atomic mass is 10.1. The van der Waals surface area contributed by atoms with Crippen molar-refractivity contribution in [2.24, 2.45) is 5.92 Å². The van der Waals surface area contributed by atoms with Gasteiger partial charge in [-0.05, 0) is 67.4 Å². The molecule has 0 bridgehead atoms. The predicted octanol–water partition coefficient (Wildman–Crippen LogP) is 5.63. The van der Waals surface area contributed by atoms with Gasteiger partial charge in [-0.1, -0.05) is 48.7 Å². The van der Waals surface area contributed by atoms with Crippen LogP contribution >= 0.6 is 28.1 Å². The van der Waals surface area contributed by atoms with Crippen LogP contribution < -0.4 is 15.4 Å². The maximum absolute atomic E-state index is 12.9. The van der Waals surface area contributed by atoms with E-state index < -0.39 is 0 Å². The Morgan fingerprint density at radius 2 is 1.82 bits per heavy atom. The van der Waals surface area contributed by atoms with E-state index in [0.29, 0.717) is 35.1 Å². The number of nitrogens with one attached hydrogen (secondary N) is 2. The molecule has 1 aliphatic heterocycles. The first kappa shape index (κ1) is 25.2. The van der Waals surface area contributed by atoms with Crippen LogP contribution in [0.15, 0.2) is 46.9 Å². The van der Waals surface area contributed by atoms with Crippen LogP contribution in [0.25, 0.3) is 0 Å². The average molecular weight is 533 g/mol. The molecule has 6 nitrogen and oxygen atoms in total. The number of carbonyl (C=O) groups is 2. The maximum atomic E-state index is 12.9. The van der Waals surface area contributed by atoms with Crippen LogP contribution in [0.4, 0.5) is 5.69 Å². The summed E-state index contributed by atoms with van der Waals surface area (Å²) in [6.45, 7) is 6.17. The fourth-order valence-corrected chi connectivity index (χ4v) is 4.15. The van der Waals surface area contributed by atoms with Crippen LogP contribution in [0.2, 0.25) is 0 Å². The Kier molecular flexibility index (Phi) is 9.26. The highest BCUT2D eigenvalue weighted by Gasteiger charge is 2.18. The van der Waals surface area contributed by atoms with Gasteiger partial charge in [0.25, 0.3) is 11.8 Å². The van der Waals surface area contributed by atoms with Crippen molar-refractivity contribution in [3.8, 4) is 5.75 Å². The van der Waals surface area contributed by atoms with Crippen molar-refractivity contribution >= 4 is 50.8 Å². The second-order valence-corrected chi connectivity index (χ2v) is 9.86. The second kappa shape index (κ2) is 12.1. The van der Waals surface area contributed by atoms with Crippen molar-refractivity contribution < 1.29 is 14.3 Å². The lowest BCUT2D eigenvalue weighted by Crippen LogP contribution is -2.34. The van der Waals surface area contributed by atoms with Crippen LogP contribution in [-0.2, 0) is 0 Å². The van der Waals surface area contributed by atoms with E-state index in [1.54, 1.807) is 24.3 Å². The molecule has 0 atom stereocenters. The van der Waals surface area contributed by atoms with E-state index in [4.69, 9.17) is 17.0 Å². The molecule has 2 amide bonds. The molecule has 0 radical (unpaired) electrons. The van der Waals surface area contributed by atoms with E-state index >= 15 is 0 Å². The number of nitrogens with zero attached hydrogens (tertiary/aromatic N) is 1. The molecule has 8 heteroatoms. The van der Waals surface area contributed by atoms with Crippen LogP contribution in [-0.4, -0.2) is 41.5 Å². The highest BCUT2D eigenvalue weighted by atomic mass is 79.9. The molecule has 0 aliphatic carbocycles. The molecular formula is C25H30BrN3O3S. The number of thiocarbonyl (C=S) groups is 1. The van der Waals surface area contributed by atoms with Gasteiger partial charge in [0.05, 0.1) is 12.2 Å². The molecule has 2 N–H and O–H groups in total. The van der Waals surface area contributed by atoms with E-state index in [2.05, 4.69) is 26.6 Å². The largest absolute Gasteiger partial charge is 0.492 e. The number of carbonyl (C=O) groups excluding carboxylic acids is 2. The summed E-state index contributed by atoms with van der Waals surface area (Å²) in [4.78, 5) is 27.7. The normalized spacial score (nSPS) is 13.9. The van der Waals surface area contributed by atoms with Gasteiger partial charge in [-0.2, -0.15) is 0 Å². The number of benzene rings is 2. The quantitative estimate of drug-likeness (QED) is 0.473. The maximum Gasteiger partial charge on any atom is 0.261 e. The molecule has 0 aromatic heterocycles. The Morgan fingerprint density at radius 1 is 1.09 bits per heavy atom. The summed E-state index contributed by atoms with van der Waals surface area (Å²) >= 11 is 8.76. The van der Waals surface area contributed by atoms with Gasteiger partial charge >= 0.3 is 0 Å². The summed E-state index contributed by atoms with van der Waals surface area (Å²) in [5.41, 5.74) is 1.64. The molecule has 1 aliphatic rings. The zero-order valence-corrected chi connectivity index (χ0v) is 21.4. The number of ether oxygens (including phenoxy) is 1. The molecule has 2 aromatic rings. The number of hydrogen-bond acceptors (Lipinski definition) is 4. The Balaban J connectivity index is 1.65. The number of amides is 2. The average Bonchev–Trinajstić information content (AvgIpc) is 3.07. The van der Waals surface area contributed by atoms with Crippen molar-refractivity contribution in [3.63, 3.8) is 0 Å². The van der Waals surface area contributed by atoms with Gasteiger partial charge < -0.3 is 15.0 Å². The summed E-state index contributed by atoms with van der Waals surface area (Å²) in [5, 5.41) is 5.87. The van der Waals surface area contributed by atoms with E-state index in [-0.39, 0.29) is 16.9 Å². The van der Waals surface area contributed by atoms with Crippen molar-refractivity contribution in [2.75, 3.05) is 25.0 Å². The Morgan fingerprint density at radius 3 is 2.52 bits per heavy atom. The Hall–Kier alpha value is -2.45. The molecule has 1 fully saturated rings. The van der Waals surface area contributed by atoms with E-state index in [0.717, 1.165) is 30.4 Å². The van der Waals surface area contributed by atoms with Gasteiger partial charge in [0.1, 0.15) is 5.75 Å². The molecule has 0 spiro atoms. The fourth-order valence-electron chi connectivity index (χ4n) is 3.58. The summed E-state index contributed by atoms with van der Waals surface area (Å²) < 4.78 is 6.56. The van der Waals surface area contributed by atoms with Gasteiger partial charge in [-0.25, -0.2) is 0 Å². The standard InChI is InChI=1S/C25H30BrN3O3S/c1-17(2)16-32-22-11-10-19(26)15-21(22)23(30)28-25(33)27-20-9-7-8-18(14-20)24(31)29-12-5-3-4-6-13-29/h7-11,14-15,17H,3-6,12-13,16H2,1-2H3,(H2,27,28,30,33). The minimum atomic E-state index is -0.371. The molecular weight excluding hydrogens is 502 g/mol. The van der Waals surface area contributed by atoms with Crippen molar-refractivity contribution in [1.29, 1.82) is 0 Å². The number of anilines is 1. The first-order valence-corrected chi connectivity index (χ1v) is 12.5. The zero-order chi connectivity index (χ0) is 23.8. The van der Waals surface area contributed by atoms with Crippen molar-refractivity contribution in [1.82, 2.24) is 10.2 Å². The zero-order valence-electron chi connectivity index (χ0n) is 19.0. The highest BCUT2D eigenvalue weighted by Crippen LogP contribution is 2.24. The summed E-state index contributed by atoms with van der Waals surface area (Å²) in [7, 11) is 0. The molecule has 0 saturated carbocycles. The van der Waals surface area contributed by atoms with E-state index in [9.17, 15) is 9.59 Å². The second-order valence-electron chi connectivity index (χ2n) is 8.54. The third-order valence-electron chi connectivity index (χ3n) is 5.25. The van der Waals surface area contributed by atoms with Crippen molar-refractivity contribution in [3.05, 3.63) is 58.1 Å². The molecule has 2 aromatic carbocycles. The molecule has 176 valence electrons. The topological polar surface area (TPSA) is 70.7 Å². The molecule has 1 heterocycles. The Bertz CT molecular complexity index is 1000. The minimum Gasteiger partial charge on any atom is -0.492 e. The van der Waals surface area contributed by atoms with Gasteiger partial charge in [-0.3, -0.25) is 14.9 Å². The third kappa shape index (κ3) is 7.54. The van der Waals surface area contributed by atoms with Crippen LogP contribution in [0.3, 0.4) is 0 Å².